The van der Waals surface area contributed by atoms with Crippen molar-refractivity contribution in [3.63, 3.8) is 0 Å². The summed E-state index contributed by atoms with van der Waals surface area (Å²) in [7, 11) is -2.92. The topological polar surface area (TPSA) is 60.4 Å². The molecule has 4 nitrogen and oxygen atoms in total. The van der Waals surface area contributed by atoms with E-state index in [-0.39, 0.29) is 44.8 Å². The second-order valence-corrected chi connectivity index (χ2v) is 9.47. The summed E-state index contributed by atoms with van der Waals surface area (Å²) in [5.74, 6) is 0.674. The molecule has 3 fully saturated rings. The van der Waals surface area contributed by atoms with Gasteiger partial charge in [-0.1, -0.05) is 29.5 Å². The maximum Gasteiger partial charge on any atom is 0.319 e. The van der Waals surface area contributed by atoms with Crippen LogP contribution < -0.4 is 0 Å². The molecule has 0 spiro atoms. The SMILES string of the molecule is CCC(I)C(=O)OC1C2CC3C1CS(=O)(=O)C3C2. The van der Waals surface area contributed by atoms with Crippen LogP contribution >= 0.6 is 22.6 Å². The fourth-order valence-electron chi connectivity index (χ4n) is 3.96. The van der Waals surface area contributed by atoms with Crippen LogP contribution in [0.3, 0.4) is 0 Å². The maximum atomic E-state index is 12.0. The Morgan fingerprint density at radius 3 is 2.78 bits per heavy atom. The Morgan fingerprint density at radius 1 is 1.39 bits per heavy atom. The smallest absolute Gasteiger partial charge is 0.319 e. The van der Waals surface area contributed by atoms with Gasteiger partial charge in [0.15, 0.2) is 9.84 Å². The lowest BCUT2D eigenvalue weighted by atomic mass is 9.88. The van der Waals surface area contributed by atoms with Gasteiger partial charge in [-0.25, -0.2) is 8.42 Å². The number of halogens is 1. The summed E-state index contributed by atoms with van der Waals surface area (Å²) in [5, 5.41) is -0.135. The van der Waals surface area contributed by atoms with Crippen LogP contribution in [0.25, 0.3) is 0 Å². The molecule has 1 heterocycles. The molecular formula is C12H17IO4S. The van der Waals surface area contributed by atoms with E-state index in [0.29, 0.717) is 6.42 Å². The van der Waals surface area contributed by atoms with Crippen molar-refractivity contribution in [1.29, 1.82) is 0 Å². The van der Waals surface area contributed by atoms with E-state index in [1.54, 1.807) is 0 Å². The second kappa shape index (κ2) is 4.33. The minimum absolute atomic E-state index is 0.0724. The molecule has 0 aromatic carbocycles. The van der Waals surface area contributed by atoms with Crippen molar-refractivity contribution < 1.29 is 17.9 Å². The largest absolute Gasteiger partial charge is 0.461 e. The summed E-state index contributed by atoms with van der Waals surface area (Å²) in [5.41, 5.74) is 0. The molecule has 3 rings (SSSR count). The highest BCUT2D eigenvalue weighted by Gasteiger charge is 2.63. The van der Waals surface area contributed by atoms with Gasteiger partial charge in [0.1, 0.15) is 10.0 Å². The molecular weight excluding hydrogens is 367 g/mol. The molecule has 6 atom stereocenters. The van der Waals surface area contributed by atoms with Gasteiger partial charge >= 0.3 is 5.97 Å². The molecule has 2 bridgehead atoms. The van der Waals surface area contributed by atoms with Crippen LogP contribution in [0, 0.1) is 17.8 Å². The van der Waals surface area contributed by atoms with Gasteiger partial charge in [0.05, 0.1) is 11.0 Å². The number of esters is 1. The molecule has 2 aliphatic carbocycles. The van der Waals surface area contributed by atoms with Gasteiger partial charge in [-0.3, -0.25) is 4.79 Å². The summed E-state index contributed by atoms with van der Waals surface area (Å²) in [6.07, 6.45) is 2.26. The Morgan fingerprint density at radius 2 is 2.11 bits per heavy atom. The first-order valence-corrected chi connectivity index (χ1v) is 9.46. The lowest BCUT2D eigenvalue weighted by Crippen LogP contribution is -2.35. The standard InChI is InChI=1S/C12H17IO4S/c1-2-9(13)12(14)17-11-6-3-7-8(11)5-18(15,16)10(7)4-6/h6-11H,2-5H2,1H3. The zero-order valence-electron chi connectivity index (χ0n) is 10.2. The van der Waals surface area contributed by atoms with Crippen LogP contribution in [-0.4, -0.2) is 35.4 Å². The van der Waals surface area contributed by atoms with Crippen LogP contribution in [0.4, 0.5) is 0 Å². The van der Waals surface area contributed by atoms with E-state index < -0.39 is 9.84 Å². The lowest BCUT2D eigenvalue weighted by Gasteiger charge is -2.27. The summed E-state index contributed by atoms with van der Waals surface area (Å²) in [6, 6.07) is 0. The third-order valence-electron chi connectivity index (χ3n) is 4.78. The van der Waals surface area contributed by atoms with Crippen molar-refractivity contribution in [2.75, 3.05) is 5.75 Å². The van der Waals surface area contributed by atoms with Gasteiger partial charge < -0.3 is 4.74 Å². The highest BCUT2D eigenvalue weighted by atomic mass is 127. The van der Waals surface area contributed by atoms with E-state index in [4.69, 9.17) is 4.74 Å². The molecule has 1 saturated heterocycles. The summed E-state index contributed by atoms with van der Waals surface area (Å²) >= 11 is 2.09. The monoisotopic (exact) mass is 384 g/mol. The van der Waals surface area contributed by atoms with Crippen molar-refractivity contribution in [2.45, 2.75) is 41.5 Å². The number of hydrogen-bond acceptors (Lipinski definition) is 4. The zero-order chi connectivity index (χ0) is 13.1. The molecule has 0 radical (unpaired) electrons. The summed E-state index contributed by atoms with van der Waals surface area (Å²) < 4.78 is 29.4. The van der Waals surface area contributed by atoms with Gasteiger partial charge in [-0.15, -0.1) is 0 Å². The van der Waals surface area contributed by atoms with Crippen molar-refractivity contribution in [3.05, 3.63) is 0 Å². The minimum Gasteiger partial charge on any atom is -0.461 e. The van der Waals surface area contributed by atoms with Crippen LogP contribution in [0.5, 0.6) is 0 Å². The maximum absolute atomic E-state index is 12.0. The molecule has 0 aromatic rings. The predicted molar refractivity (Wildman–Crippen MR) is 75.3 cm³/mol. The Kier molecular flexibility index (Phi) is 3.16. The van der Waals surface area contributed by atoms with Crippen LogP contribution in [-0.2, 0) is 19.4 Å². The number of carbonyl (C=O) groups excluding carboxylic acids is 1. The Hall–Kier alpha value is 0.150. The lowest BCUT2D eigenvalue weighted by molar-refractivity contribution is -0.152. The van der Waals surface area contributed by atoms with E-state index in [9.17, 15) is 13.2 Å². The van der Waals surface area contributed by atoms with Crippen LogP contribution in [0.15, 0.2) is 0 Å². The third kappa shape index (κ3) is 1.82. The number of sulfone groups is 1. The van der Waals surface area contributed by atoms with Crippen LogP contribution in [0.1, 0.15) is 26.2 Å². The number of alkyl halides is 1. The van der Waals surface area contributed by atoms with E-state index in [0.717, 1.165) is 12.8 Å². The third-order valence-corrected chi connectivity index (χ3v) is 8.48. The quantitative estimate of drug-likeness (QED) is 0.421. The number of fused-ring (bicyclic) bond motifs is 1. The summed E-state index contributed by atoms with van der Waals surface area (Å²) in [4.78, 5) is 11.9. The molecule has 2 saturated carbocycles. The van der Waals surface area contributed by atoms with Crippen molar-refractivity contribution in [2.24, 2.45) is 17.8 Å². The fraction of sp³-hybridized carbons (Fsp3) is 0.917. The van der Waals surface area contributed by atoms with Gasteiger partial charge in [-0.2, -0.15) is 0 Å². The Labute approximate surface area is 121 Å². The van der Waals surface area contributed by atoms with E-state index in [1.165, 1.54) is 0 Å². The molecule has 0 N–H and O–H groups in total. The zero-order valence-corrected chi connectivity index (χ0v) is 13.2. The van der Waals surface area contributed by atoms with Gasteiger partial charge in [0.2, 0.25) is 0 Å². The normalized spacial score (nSPS) is 45.1. The van der Waals surface area contributed by atoms with E-state index in [2.05, 4.69) is 22.6 Å². The van der Waals surface area contributed by atoms with E-state index in [1.807, 2.05) is 6.92 Å². The van der Waals surface area contributed by atoms with Gasteiger partial charge in [-0.05, 0) is 31.1 Å². The molecule has 18 heavy (non-hydrogen) atoms. The Balaban J connectivity index is 1.76. The second-order valence-electron chi connectivity index (χ2n) is 5.70. The van der Waals surface area contributed by atoms with Crippen molar-refractivity contribution >= 4 is 38.4 Å². The Bertz CT molecular complexity index is 474. The summed E-state index contributed by atoms with van der Waals surface area (Å²) in [6.45, 7) is 1.95. The van der Waals surface area contributed by atoms with Gasteiger partial charge in [0, 0.05) is 5.92 Å². The number of ether oxygens (including phenoxy) is 1. The molecule has 6 heteroatoms. The predicted octanol–water partition coefficient (Wildman–Crippen LogP) is 1.56. The van der Waals surface area contributed by atoms with Crippen molar-refractivity contribution in [1.82, 2.24) is 0 Å². The molecule has 3 aliphatic rings. The van der Waals surface area contributed by atoms with Crippen molar-refractivity contribution in [3.8, 4) is 0 Å². The molecule has 6 unspecified atom stereocenters. The minimum atomic E-state index is -2.92. The highest BCUT2D eigenvalue weighted by molar-refractivity contribution is 14.1. The average molecular weight is 384 g/mol. The average Bonchev–Trinajstić information content (AvgIpc) is 2.91. The first-order valence-electron chi connectivity index (χ1n) is 6.50. The highest BCUT2D eigenvalue weighted by Crippen LogP contribution is 2.57. The molecule has 1 aliphatic heterocycles. The molecule has 0 aromatic heterocycles. The first-order chi connectivity index (χ1) is 8.44. The molecule has 0 amide bonds. The van der Waals surface area contributed by atoms with Gasteiger partial charge in [0.25, 0.3) is 0 Å². The van der Waals surface area contributed by atoms with E-state index >= 15 is 0 Å². The molecule has 102 valence electrons. The van der Waals surface area contributed by atoms with Crippen LogP contribution in [0.2, 0.25) is 0 Å². The number of hydrogen-bond donors (Lipinski definition) is 0. The number of carbonyl (C=O) groups is 1. The fourth-order valence-corrected chi connectivity index (χ4v) is 6.72. The first kappa shape index (κ1) is 13.1. The number of rotatable bonds is 3.